The van der Waals surface area contributed by atoms with Gasteiger partial charge in [0, 0.05) is 19.0 Å². The summed E-state index contributed by atoms with van der Waals surface area (Å²) >= 11 is 0. The molecule has 7 nitrogen and oxygen atoms in total. The van der Waals surface area contributed by atoms with E-state index in [1.807, 2.05) is 13.8 Å². The van der Waals surface area contributed by atoms with Gasteiger partial charge >= 0.3 is 0 Å². The maximum atomic E-state index is 12.4. The Morgan fingerprint density at radius 1 is 1.35 bits per heavy atom. The van der Waals surface area contributed by atoms with E-state index in [0.29, 0.717) is 6.29 Å². The monoisotopic (exact) mass is 320 g/mol. The molecule has 124 valence electrons. The minimum absolute atomic E-state index is 0.0409. The highest BCUT2D eigenvalue weighted by molar-refractivity contribution is 6.06. The van der Waals surface area contributed by atoms with Gasteiger partial charge in [0.15, 0.2) is 6.29 Å². The van der Waals surface area contributed by atoms with E-state index in [0.717, 1.165) is 0 Å². The van der Waals surface area contributed by atoms with E-state index in [1.165, 1.54) is 30.1 Å². The number of carbonyl (C=O) groups excluding carboxylic acids is 4. The average molecular weight is 320 g/mol. The van der Waals surface area contributed by atoms with Crippen molar-refractivity contribution in [1.82, 2.24) is 10.2 Å². The predicted octanol–water partition coefficient (Wildman–Crippen LogP) is 1.11. The predicted molar refractivity (Wildman–Crippen MR) is 83.1 cm³/mol. The molecule has 1 aliphatic rings. The number of rotatable bonds is 3. The third-order valence-electron chi connectivity index (χ3n) is 3.39. The van der Waals surface area contributed by atoms with Crippen LogP contribution in [-0.2, 0) is 9.59 Å². The van der Waals surface area contributed by atoms with Crippen LogP contribution in [0.3, 0.4) is 0 Å². The fraction of sp³-hybridized carbons (Fsp3) is 0.375. The second-order valence-corrected chi connectivity index (χ2v) is 4.77. The van der Waals surface area contributed by atoms with Crippen molar-refractivity contribution in [3.8, 4) is 5.75 Å². The van der Waals surface area contributed by atoms with E-state index < -0.39 is 17.9 Å². The molecular formula is C16H20N2O5. The zero-order chi connectivity index (χ0) is 17.6. The van der Waals surface area contributed by atoms with Gasteiger partial charge in [-0.15, -0.1) is 0 Å². The molecule has 0 saturated carbocycles. The number of aromatic hydroxyl groups is 1. The van der Waals surface area contributed by atoms with Gasteiger partial charge in [0.1, 0.15) is 11.8 Å². The Morgan fingerprint density at radius 3 is 2.57 bits per heavy atom. The smallest absolute Gasteiger partial charge is 0.255 e. The molecule has 0 bridgehead atoms. The standard InChI is InChI=1S/C14H14N2O5.C2H6/c1-16(11-4-5-12(19)15-13(11)20)14(21)10-3-2-9(18)6-8(10)7-17;1-2/h2-3,6-7,11,18H,4-5H2,1H3,(H,15,19,20);1-2H3. The van der Waals surface area contributed by atoms with Crippen LogP contribution in [0.1, 0.15) is 47.4 Å². The number of hydrogen-bond donors (Lipinski definition) is 2. The largest absolute Gasteiger partial charge is 0.508 e. The number of benzene rings is 1. The number of piperidine rings is 1. The molecule has 1 atom stereocenters. The average Bonchev–Trinajstić information content (AvgIpc) is 2.55. The molecule has 0 radical (unpaired) electrons. The summed E-state index contributed by atoms with van der Waals surface area (Å²) in [6.07, 6.45) is 0.858. The zero-order valence-electron chi connectivity index (χ0n) is 13.3. The highest BCUT2D eigenvalue weighted by Crippen LogP contribution is 2.19. The molecule has 1 aliphatic heterocycles. The van der Waals surface area contributed by atoms with Gasteiger partial charge < -0.3 is 10.0 Å². The fourth-order valence-corrected chi connectivity index (χ4v) is 2.23. The third-order valence-corrected chi connectivity index (χ3v) is 3.39. The first kappa shape index (κ1) is 18.3. The molecular weight excluding hydrogens is 300 g/mol. The van der Waals surface area contributed by atoms with Crippen molar-refractivity contribution in [2.75, 3.05) is 7.05 Å². The van der Waals surface area contributed by atoms with Crippen molar-refractivity contribution in [3.63, 3.8) is 0 Å². The summed E-state index contributed by atoms with van der Waals surface area (Å²) in [5.74, 6) is -1.55. The number of likely N-dealkylation sites (N-methyl/N-ethyl adjacent to an activating group) is 1. The number of phenols is 1. The highest BCUT2D eigenvalue weighted by atomic mass is 16.3. The van der Waals surface area contributed by atoms with Crippen molar-refractivity contribution in [3.05, 3.63) is 29.3 Å². The summed E-state index contributed by atoms with van der Waals surface area (Å²) < 4.78 is 0. The molecule has 2 rings (SSSR count). The summed E-state index contributed by atoms with van der Waals surface area (Å²) in [7, 11) is 1.43. The van der Waals surface area contributed by atoms with E-state index in [1.54, 1.807) is 0 Å². The molecule has 7 heteroatoms. The van der Waals surface area contributed by atoms with Gasteiger partial charge in [0.25, 0.3) is 5.91 Å². The first-order chi connectivity index (χ1) is 10.9. The van der Waals surface area contributed by atoms with Gasteiger partial charge in [0.2, 0.25) is 11.8 Å². The number of phenolic OH excluding ortho intramolecular Hbond substituents is 1. The van der Waals surface area contributed by atoms with E-state index in [4.69, 9.17) is 0 Å². The van der Waals surface area contributed by atoms with E-state index in [9.17, 15) is 24.3 Å². The van der Waals surface area contributed by atoms with Gasteiger partial charge in [0.05, 0.1) is 5.56 Å². The minimum atomic E-state index is -0.761. The van der Waals surface area contributed by atoms with E-state index in [-0.39, 0.29) is 35.6 Å². The topological polar surface area (TPSA) is 104 Å². The maximum Gasteiger partial charge on any atom is 0.255 e. The van der Waals surface area contributed by atoms with Crippen LogP contribution in [0.25, 0.3) is 0 Å². The van der Waals surface area contributed by atoms with Crippen LogP contribution in [0.15, 0.2) is 18.2 Å². The number of nitrogens with one attached hydrogen (secondary N) is 1. The van der Waals surface area contributed by atoms with Gasteiger partial charge in [-0.05, 0) is 24.6 Å². The van der Waals surface area contributed by atoms with Gasteiger partial charge in [-0.1, -0.05) is 13.8 Å². The van der Waals surface area contributed by atoms with E-state index in [2.05, 4.69) is 5.32 Å². The number of nitrogens with zero attached hydrogens (tertiary/aromatic N) is 1. The molecule has 23 heavy (non-hydrogen) atoms. The van der Waals surface area contributed by atoms with Crippen molar-refractivity contribution in [2.24, 2.45) is 0 Å². The summed E-state index contributed by atoms with van der Waals surface area (Å²) in [6.45, 7) is 4.00. The van der Waals surface area contributed by atoms with Crippen molar-refractivity contribution in [1.29, 1.82) is 0 Å². The Kier molecular flexibility index (Phi) is 6.44. The summed E-state index contributed by atoms with van der Waals surface area (Å²) in [4.78, 5) is 47.4. The summed E-state index contributed by atoms with van der Waals surface area (Å²) in [5, 5.41) is 11.5. The van der Waals surface area contributed by atoms with Crippen LogP contribution in [-0.4, -0.2) is 47.1 Å². The number of carbonyl (C=O) groups is 4. The maximum absolute atomic E-state index is 12.4. The highest BCUT2D eigenvalue weighted by Gasteiger charge is 2.33. The Morgan fingerprint density at radius 2 is 2.00 bits per heavy atom. The molecule has 1 fully saturated rings. The second kappa shape index (κ2) is 8.07. The second-order valence-electron chi connectivity index (χ2n) is 4.77. The van der Waals surface area contributed by atoms with Crippen LogP contribution in [0.2, 0.25) is 0 Å². The van der Waals surface area contributed by atoms with Crippen LogP contribution in [0, 0.1) is 0 Å². The molecule has 0 aliphatic carbocycles. The molecule has 1 heterocycles. The Balaban J connectivity index is 0.00000127. The summed E-state index contributed by atoms with van der Waals surface area (Å²) in [5.41, 5.74) is 0.133. The van der Waals surface area contributed by atoms with Crippen LogP contribution in [0.4, 0.5) is 0 Å². The van der Waals surface area contributed by atoms with Gasteiger partial charge in [-0.3, -0.25) is 24.5 Å². The molecule has 1 unspecified atom stereocenters. The van der Waals surface area contributed by atoms with Crippen molar-refractivity contribution in [2.45, 2.75) is 32.7 Å². The number of imide groups is 1. The quantitative estimate of drug-likeness (QED) is 0.641. The van der Waals surface area contributed by atoms with Gasteiger partial charge in [-0.2, -0.15) is 0 Å². The minimum Gasteiger partial charge on any atom is -0.508 e. The number of amides is 3. The Bertz CT molecular complexity index is 627. The van der Waals surface area contributed by atoms with Crippen molar-refractivity contribution < 1.29 is 24.3 Å². The zero-order valence-corrected chi connectivity index (χ0v) is 13.3. The Labute approximate surface area is 134 Å². The lowest BCUT2D eigenvalue weighted by Crippen LogP contribution is -2.53. The normalized spacial score (nSPS) is 16.7. The molecule has 0 spiro atoms. The van der Waals surface area contributed by atoms with Crippen LogP contribution in [0.5, 0.6) is 5.75 Å². The molecule has 3 amide bonds. The fourth-order valence-electron chi connectivity index (χ4n) is 2.23. The first-order valence-electron chi connectivity index (χ1n) is 7.33. The summed E-state index contributed by atoms with van der Waals surface area (Å²) in [6, 6.07) is 3.03. The van der Waals surface area contributed by atoms with Crippen LogP contribution < -0.4 is 5.32 Å². The van der Waals surface area contributed by atoms with E-state index >= 15 is 0 Å². The molecule has 2 N–H and O–H groups in total. The lowest BCUT2D eigenvalue weighted by atomic mass is 10.0. The number of hydrogen-bond acceptors (Lipinski definition) is 5. The SMILES string of the molecule is CC.CN(C(=O)c1ccc(O)cc1C=O)C1CCC(=O)NC1=O. The Hall–Kier alpha value is -2.70. The molecule has 0 aromatic heterocycles. The third kappa shape index (κ3) is 4.15. The van der Waals surface area contributed by atoms with Crippen molar-refractivity contribution >= 4 is 24.0 Å². The lowest BCUT2D eigenvalue weighted by Gasteiger charge is -2.30. The molecule has 1 saturated heterocycles. The molecule has 1 aromatic rings. The number of aldehydes is 1. The van der Waals surface area contributed by atoms with Gasteiger partial charge in [-0.25, -0.2) is 0 Å². The van der Waals surface area contributed by atoms with Crippen LogP contribution >= 0.6 is 0 Å². The molecule has 1 aromatic carbocycles. The first-order valence-corrected chi connectivity index (χ1v) is 7.33. The lowest BCUT2D eigenvalue weighted by molar-refractivity contribution is -0.136.